The molecule has 0 fully saturated rings. The Labute approximate surface area is 144 Å². The van der Waals surface area contributed by atoms with Crippen molar-refractivity contribution in [1.82, 2.24) is 15.2 Å². The van der Waals surface area contributed by atoms with E-state index in [2.05, 4.69) is 10.3 Å². The van der Waals surface area contributed by atoms with Crippen molar-refractivity contribution in [3.63, 3.8) is 0 Å². The van der Waals surface area contributed by atoms with Gasteiger partial charge in [0, 0.05) is 19.2 Å². The molecule has 7 heteroatoms. The summed E-state index contributed by atoms with van der Waals surface area (Å²) in [6, 6.07) is 6.97. The molecule has 0 radical (unpaired) electrons. The van der Waals surface area contributed by atoms with Crippen molar-refractivity contribution >= 4 is 23.2 Å². The van der Waals surface area contributed by atoms with E-state index in [4.69, 9.17) is 16.0 Å². The van der Waals surface area contributed by atoms with Gasteiger partial charge < -0.3 is 14.6 Å². The van der Waals surface area contributed by atoms with E-state index in [-0.39, 0.29) is 34.6 Å². The van der Waals surface area contributed by atoms with E-state index in [1.54, 1.807) is 24.3 Å². The third kappa shape index (κ3) is 3.11. The highest BCUT2D eigenvalue weighted by molar-refractivity contribution is 6.33. The molecule has 1 aromatic heterocycles. The van der Waals surface area contributed by atoms with E-state index in [1.807, 2.05) is 19.0 Å². The van der Waals surface area contributed by atoms with Gasteiger partial charge in [0.25, 0.3) is 0 Å². The maximum absolute atomic E-state index is 12.5. The van der Waals surface area contributed by atoms with Crippen LogP contribution in [0.5, 0.6) is 0 Å². The van der Waals surface area contributed by atoms with Crippen molar-refractivity contribution in [2.45, 2.75) is 0 Å². The summed E-state index contributed by atoms with van der Waals surface area (Å²) < 4.78 is 5.56. The fourth-order valence-electron chi connectivity index (χ4n) is 2.32. The minimum absolute atomic E-state index is 0.0214. The molecule has 3 rings (SSSR count). The van der Waals surface area contributed by atoms with E-state index in [0.29, 0.717) is 17.1 Å². The highest BCUT2D eigenvalue weighted by Gasteiger charge is 2.32. The lowest BCUT2D eigenvalue weighted by Gasteiger charge is -2.14. The second-order valence-corrected chi connectivity index (χ2v) is 6.07. The van der Waals surface area contributed by atoms with Gasteiger partial charge in [0.05, 0.1) is 16.3 Å². The number of hydrogen-bond donors (Lipinski definition) is 1. The predicted octanol–water partition coefficient (Wildman–Crippen LogP) is 2.41. The van der Waals surface area contributed by atoms with Crippen molar-refractivity contribution in [2.24, 2.45) is 0 Å². The number of aromatic nitrogens is 1. The van der Waals surface area contributed by atoms with Crippen molar-refractivity contribution < 1.29 is 14.0 Å². The molecule has 0 aliphatic heterocycles. The largest absolute Gasteiger partial charge is 0.432 e. The number of benzene rings is 1. The summed E-state index contributed by atoms with van der Waals surface area (Å²) >= 11 is 6.12. The number of carbonyl (C=O) groups excluding carboxylic acids is 2. The average molecular weight is 346 g/mol. The zero-order valence-corrected chi connectivity index (χ0v) is 14.1. The van der Waals surface area contributed by atoms with Gasteiger partial charge in [-0.25, -0.2) is 4.98 Å². The van der Waals surface area contributed by atoms with Gasteiger partial charge in [0.15, 0.2) is 5.69 Å². The predicted molar refractivity (Wildman–Crippen MR) is 90.2 cm³/mol. The van der Waals surface area contributed by atoms with Gasteiger partial charge in [-0.2, -0.15) is 0 Å². The molecular weight excluding hydrogens is 330 g/mol. The Morgan fingerprint density at radius 1 is 1.25 bits per heavy atom. The van der Waals surface area contributed by atoms with Crippen LogP contribution in [0.15, 0.2) is 40.5 Å². The van der Waals surface area contributed by atoms with Crippen molar-refractivity contribution in [1.29, 1.82) is 0 Å². The molecule has 0 saturated heterocycles. The number of nitrogens with zero attached hydrogens (tertiary/aromatic N) is 2. The minimum atomic E-state index is -0.380. The summed E-state index contributed by atoms with van der Waals surface area (Å²) in [7, 11) is 3.85. The van der Waals surface area contributed by atoms with Gasteiger partial charge in [-0.1, -0.05) is 23.7 Å². The summed E-state index contributed by atoms with van der Waals surface area (Å²) in [6.45, 7) is 1.27. The second-order valence-electron chi connectivity index (χ2n) is 5.66. The number of hydrogen-bond acceptors (Lipinski definition) is 6. The topological polar surface area (TPSA) is 75.4 Å². The summed E-state index contributed by atoms with van der Waals surface area (Å²) in [4.78, 5) is 30.9. The number of halogens is 1. The first kappa shape index (κ1) is 16.4. The molecule has 0 bridgehead atoms. The molecule has 1 N–H and O–H groups in total. The number of carbonyl (C=O) groups is 2. The first-order chi connectivity index (χ1) is 11.5. The van der Waals surface area contributed by atoms with Crippen LogP contribution in [-0.2, 0) is 0 Å². The molecule has 124 valence electrons. The third-order valence-corrected chi connectivity index (χ3v) is 3.90. The monoisotopic (exact) mass is 345 g/mol. The fraction of sp³-hybridized carbons (Fsp3) is 0.235. The molecule has 0 amide bonds. The smallest absolute Gasteiger partial charge is 0.246 e. The summed E-state index contributed by atoms with van der Waals surface area (Å²) in [5.41, 5.74) is 0.778. The Morgan fingerprint density at radius 2 is 2.00 bits per heavy atom. The first-order valence-electron chi connectivity index (χ1n) is 7.42. The normalized spacial score (nSPS) is 13.9. The summed E-state index contributed by atoms with van der Waals surface area (Å²) in [5, 5.41) is 3.41. The number of allylic oxidation sites excluding steroid dienone is 2. The van der Waals surface area contributed by atoms with E-state index >= 15 is 0 Å². The standard InChI is InChI=1S/C17H16ClN3O3/c1-21(2)8-7-19-12-9-13(22)14-16(15(12)23)24-17(20-14)10-5-3-4-6-11(10)18/h3-6,9,19H,7-8H2,1-2H3. The lowest BCUT2D eigenvalue weighted by atomic mass is 10.0. The third-order valence-electron chi connectivity index (χ3n) is 3.57. The Morgan fingerprint density at radius 3 is 2.71 bits per heavy atom. The minimum Gasteiger partial charge on any atom is -0.432 e. The molecule has 0 spiro atoms. The molecule has 1 aliphatic carbocycles. The van der Waals surface area contributed by atoms with Crippen LogP contribution in [0.2, 0.25) is 5.02 Å². The molecule has 0 unspecified atom stereocenters. The Bertz CT molecular complexity index is 839. The van der Waals surface area contributed by atoms with Gasteiger partial charge in [0.1, 0.15) is 0 Å². The average Bonchev–Trinajstić information content (AvgIpc) is 2.98. The molecule has 1 aliphatic rings. The number of nitrogens with one attached hydrogen (secondary N) is 1. The highest BCUT2D eigenvalue weighted by Crippen LogP contribution is 2.31. The summed E-state index contributed by atoms with van der Waals surface area (Å²) in [6.07, 6.45) is 1.26. The van der Waals surface area contributed by atoms with Gasteiger partial charge in [-0.3, -0.25) is 9.59 Å². The van der Waals surface area contributed by atoms with Crippen molar-refractivity contribution in [3.8, 4) is 11.5 Å². The van der Waals surface area contributed by atoms with Crippen LogP contribution in [0.3, 0.4) is 0 Å². The van der Waals surface area contributed by atoms with E-state index in [9.17, 15) is 9.59 Å². The lowest BCUT2D eigenvalue weighted by Crippen LogP contribution is -2.31. The molecule has 1 aromatic carbocycles. The van der Waals surface area contributed by atoms with Crippen molar-refractivity contribution in [2.75, 3.05) is 27.2 Å². The van der Waals surface area contributed by atoms with E-state index in [0.717, 1.165) is 6.54 Å². The van der Waals surface area contributed by atoms with Gasteiger partial charge in [-0.05, 0) is 26.2 Å². The Hall–Kier alpha value is -2.44. The van der Waals surface area contributed by atoms with Gasteiger partial charge >= 0.3 is 0 Å². The van der Waals surface area contributed by atoms with Crippen LogP contribution in [0.4, 0.5) is 0 Å². The van der Waals surface area contributed by atoms with Crippen LogP contribution in [0, 0.1) is 0 Å². The Balaban J connectivity index is 1.89. The summed E-state index contributed by atoms with van der Waals surface area (Å²) in [5.74, 6) is -0.631. The van der Waals surface area contributed by atoms with Crippen LogP contribution >= 0.6 is 11.6 Å². The molecule has 24 heavy (non-hydrogen) atoms. The van der Waals surface area contributed by atoms with E-state index < -0.39 is 0 Å². The van der Waals surface area contributed by atoms with Gasteiger partial charge in [-0.15, -0.1) is 0 Å². The molecule has 2 aromatic rings. The van der Waals surface area contributed by atoms with Crippen LogP contribution in [-0.4, -0.2) is 48.6 Å². The van der Waals surface area contributed by atoms with Gasteiger partial charge in [0.2, 0.25) is 23.2 Å². The van der Waals surface area contributed by atoms with Crippen LogP contribution in [0.1, 0.15) is 21.0 Å². The van der Waals surface area contributed by atoms with Crippen molar-refractivity contribution in [3.05, 3.63) is 52.5 Å². The molecule has 1 heterocycles. The second kappa shape index (κ2) is 6.59. The lowest BCUT2D eigenvalue weighted by molar-refractivity contribution is 0.0956. The maximum Gasteiger partial charge on any atom is 0.246 e. The molecule has 0 atom stereocenters. The number of fused-ring (bicyclic) bond motifs is 1. The number of oxazole rings is 1. The zero-order valence-electron chi connectivity index (χ0n) is 13.3. The highest BCUT2D eigenvalue weighted by atomic mass is 35.5. The maximum atomic E-state index is 12.5. The number of Topliss-reactive ketones (excluding diaryl/α,β-unsaturated/α-hetero) is 1. The van der Waals surface area contributed by atoms with Crippen LogP contribution < -0.4 is 5.32 Å². The van der Waals surface area contributed by atoms with Crippen LogP contribution in [0.25, 0.3) is 11.5 Å². The SMILES string of the molecule is CN(C)CCNC1=CC(=O)c2nc(-c3ccccc3Cl)oc2C1=O. The first-order valence-corrected chi connectivity index (χ1v) is 7.80. The molecule has 0 saturated carbocycles. The fourth-order valence-corrected chi connectivity index (χ4v) is 2.54. The molecule has 6 nitrogen and oxygen atoms in total. The Kier molecular flexibility index (Phi) is 4.51. The zero-order chi connectivity index (χ0) is 17.3. The quantitative estimate of drug-likeness (QED) is 0.897. The number of ketones is 2. The van der Waals surface area contributed by atoms with E-state index in [1.165, 1.54) is 6.08 Å². The molecular formula is C17H16ClN3O3. The number of likely N-dealkylation sites (N-methyl/N-ethyl adjacent to an activating group) is 1. The number of rotatable bonds is 5.